The summed E-state index contributed by atoms with van der Waals surface area (Å²) in [6, 6.07) is 0. The van der Waals surface area contributed by atoms with Crippen molar-refractivity contribution in [2.45, 2.75) is 219 Å². The number of likely N-dealkylation sites (N-methyl/N-ethyl adjacent to an activating group) is 1. The summed E-state index contributed by atoms with van der Waals surface area (Å²) in [7, 11) is 1.35. The Labute approximate surface area is 383 Å². The van der Waals surface area contributed by atoms with E-state index in [9.17, 15) is 14.3 Å². The minimum Gasteiger partial charge on any atom is -0.756 e. The molecule has 0 radical (unpaired) electrons. The number of phosphoric ester groups is 1. The van der Waals surface area contributed by atoms with Crippen molar-refractivity contribution in [2.24, 2.45) is 0 Å². The van der Waals surface area contributed by atoms with Crippen LogP contribution in [-0.4, -0.2) is 70.7 Å². The van der Waals surface area contributed by atoms with Crippen LogP contribution >= 0.6 is 7.82 Å². The monoisotopic (exact) mass is 892 g/mol. The van der Waals surface area contributed by atoms with Gasteiger partial charge in [-0.25, -0.2) is 0 Å². The molecule has 0 saturated heterocycles. The minimum absolute atomic E-state index is 0.0224. The molecular formula is C53H98NO7P. The molecule has 0 aromatic carbocycles. The molecule has 0 aromatic heterocycles. The predicted octanol–water partition coefficient (Wildman–Crippen LogP) is 15.0. The average molecular weight is 892 g/mol. The Morgan fingerprint density at radius 2 is 0.935 bits per heavy atom. The van der Waals surface area contributed by atoms with Gasteiger partial charge in [-0.3, -0.25) is 9.36 Å². The van der Waals surface area contributed by atoms with Gasteiger partial charge in [0.15, 0.2) is 0 Å². The second kappa shape index (κ2) is 45.8. The van der Waals surface area contributed by atoms with E-state index in [1.807, 2.05) is 21.1 Å². The Balaban J connectivity index is 4.13. The number of nitrogens with zero attached hydrogens (tertiary/aromatic N) is 1. The highest BCUT2D eigenvalue weighted by atomic mass is 31.2. The molecule has 0 amide bonds. The largest absolute Gasteiger partial charge is 0.756 e. The van der Waals surface area contributed by atoms with Crippen LogP contribution in [0.15, 0.2) is 60.8 Å². The van der Waals surface area contributed by atoms with Crippen molar-refractivity contribution in [3.63, 3.8) is 0 Å². The summed E-state index contributed by atoms with van der Waals surface area (Å²) in [5.41, 5.74) is 0. The van der Waals surface area contributed by atoms with Crippen molar-refractivity contribution >= 4 is 13.8 Å². The van der Waals surface area contributed by atoms with Gasteiger partial charge >= 0.3 is 5.97 Å². The predicted molar refractivity (Wildman–Crippen MR) is 263 cm³/mol. The van der Waals surface area contributed by atoms with E-state index in [1.54, 1.807) is 0 Å². The number of rotatable bonds is 47. The first-order valence-electron chi connectivity index (χ1n) is 25.5. The van der Waals surface area contributed by atoms with Gasteiger partial charge in [0.25, 0.3) is 7.82 Å². The molecule has 0 aliphatic rings. The average Bonchev–Trinajstić information content (AvgIpc) is 3.23. The molecule has 8 nitrogen and oxygen atoms in total. The summed E-state index contributed by atoms with van der Waals surface area (Å²) < 4.78 is 34.7. The number of carbonyl (C=O) groups is 1. The number of phosphoric acid groups is 1. The Bertz CT molecular complexity index is 1170. The molecule has 0 aliphatic carbocycles. The summed E-state index contributed by atoms with van der Waals surface area (Å²) >= 11 is 0. The number of allylic oxidation sites excluding steroid dienone is 10. The topological polar surface area (TPSA) is 94.1 Å². The number of hydrogen-bond acceptors (Lipinski definition) is 7. The molecule has 0 N–H and O–H groups in total. The molecule has 0 bridgehead atoms. The molecule has 362 valence electrons. The van der Waals surface area contributed by atoms with Crippen LogP contribution in [-0.2, 0) is 27.9 Å². The third-order valence-electron chi connectivity index (χ3n) is 10.8. The molecule has 0 aromatic rings. The van der Waals surface area contributed by atoms with Crippen molar-refractivity contribution in [1.82, 2.24) is 0 Å². The van der Waals surface area contributed by atoms with Gasteiger partial charge in [0.2, 0.25) is 0 Å². The molecular weight excluding hydrogens is 794 g/mol. The molecule has 2 atom stereocenters. The quantitative estimate of drug-likeness (QED) is 0.0197. The molecule has 0 saturated carbocycles. The molecule has 0 fully saturated rings. The molecule has 62 heavy (non-hydrogen) atoms. The van der Waals surface area contributed by atoms with Crippen LogP contribution in [0.3, 0.4) is 0 Å². The lowest BCUT2D eigenvalue weighted by Gasteiger charge is -2.28. The van der Waals surface area contributed by atoms with Gasteiger partial charge in [0.05, 0.1) is 34.4 Å². The zero-order valence-electron chi connectivity index (χ0n) is 41.1. The van der Waals surface area contributed by atoms with Crippen LogP contribution in [0.25, 0.3) is 0 Å². The van der Waals surface area contributed by atoms with E-state index in [-0.39, 0.29) is 25.8 Å². The highest BCUT2D eigenvalue weighted by Gasteiger charge is 2.20. The van der Waals surface area contributed by atoms with Crippen LogP contribution in [0.2, 0.25) is 0 Å². The number of unbranched alkanes of at least 4 members (excludes halogenated alkanes) is 23. The number of quaternary nitrogens is 1. The number of hydrogen-bond donors (Lipinski definition) is 0. The minimum atomic E-state index is -4.53. The zero-order chi connectivity index (χ0) is 45.5. The van der Waals surface area contributed by atoms with Crippen LogP contribution in [0.1, 0.15) is 213 Å². The lowest BCUT2D eigenvalue weighted by atomic mass is 10.1. The number of ether oxygens (including phenoxy) is 2. The maximum absolute atomic E-state index is 12.7. The van der Waals surface area contributed by atoms with Gasteiger partial charge in [-0.1, -0.05) is 190 Å². The molecule has 0 spiro atoms. The fourth-order valence-corrected chi connectivity index (χ4v) is 7.61. The molecule has 9 heteroatoms. The van der Waals surface area contributed by atoms with E-state index < -0.39 is 13.9 Å². The molecule has 0 rings (SSSR count). The Hall–Kier alpha value is -1.80. The van der Waals surface area contributed by atoms with E-state index in [4.69, 9.17) is 18.5 Å². The summed E-state index contributed by atoms with van der Waals surface area (Å²) in [5.74, 6) is -0.344. The zero-order valence-corrected chi connectivity index (χ0v) is 42.0. The Morgan fingerprint density at radius 1 is 0.516 bits per heavy atom. The van der Waals surface area contributed by atoms with E-state index in [2.05, 4.69) is 74.6 Å². The fraction of sp³-hybridized carbons (Fsp3) is 0.792. The van der Waals surface area contributed by atoms with Crippen LogP contribution in [0.5, 0.6) is 0 Å². The van der Waals surface area contributed by atoms with E-state index in [0.717, 1.165) is 70.6 Å². The Morgan fingerprint density at radius 3 is 1.42 bits per heavy atom. The van der Waals surface area contributed by atoms with Gasteiger partial charge in [0, 0.05) is 13.0 Å². The van der Waals surface area contributed by atoms with E-state index in [0.29, 0.717) is 24.1 Å². The van der Waals surface area contributed by atoms with E-state index >= 15 is 0 Å². The highest BCUT2D eigenvalue weighted by molar-refractivity contribution is 7.45. The SMILES string of the molecule is CC/C=C\C/C=C\C/C=C\C/C=C\CCCCCCCCCCCCCOCC(COP(=O)([O-])OCC[N+](C)(C)C)OC(=O)CCCCCCC/C=C\CCCCCCCCC. The van der Waals surface area contributed by atoms with Gasteiger partial charge in [-0.15, -0.1) is 0 Å². The van der Waals surface area contributed by atoms with Crippen molar-refractivity contribution in [2.75, 3.05) is 54.1 Å². The number of carbonyl (C=O) groups excluding carboxylic acids is 1. The molecule has 0 heterocycles. The second-order valence-corrected chi connectivity index (χ2v) is 19.6. The van der Waals surface area contributed by atoms with Crippen LogP contribution in [0, 0.1) is 0 Å². The van der Waals surface area contributed by atoms with Gasteiger partial charge in [-0.2, -0.15) is 0 Å². The maximum atomic E-state index is 12.7. The van der Waals surface area contributed by atoms with Crippen molar-refractivity contribution in [3.8, 4) is 0 Å². The summed E-state index contributed by atoms with van der Waals surface area (Å²) in [5, 5.41) is 0. The van der Waals surface area contributed by atoms with Crippen molar-refractivity contribution < 1.29 is 37.3 Å². The Kier molecular flexibility index (Phi) is 44.4. The van der Waals surface area contributed by atoms with Gasteiger partial charge in [-0.05, 0) is 77.0 Å². The first kappa shape index (κ1) is 60.2. The van der Waals surface area contributed by atoms with Crippen LogP contribution < -0.4 is 4.89 Å². The summed E-state index contributed by atoms with van der Waals surface area (Å²) in [6.07, 6.45) is 58.1. The fourth-order valence-electron chi connectivity index (χ4n) is 6.89. The molecule has 0 aliphatic heterocycles. The summed E-state index contributed by atoms with van der Waals surface area (Å²) in [4.78, 5) is 25.1. The standard InChI is InChI=1S/C53H98NO7P/c1-6-8-10-12-14-16-18-20-22-24-25-26-27-28-29-30-31-33-35-37-39-41-43-45-48-58-50-52(51-60-62(56,57)59-49-47-54(3,4)5)61-53(55)46-44-42-40-38-36-34-32-23-21-19-17-15-13-11-9-7-2/h8,10,14,16,20,22-23,25-26,32,52H,6-7,9,11-13,15,17-19,21,24,27-31,33-51H2,1-5H3/b10-8-,16-14-,22-20-,26-25-,32-23-. The normalized spacial score (nSPS) is 14.1. The summed E-state index contributed by atoms with van der Waals surface area (Å²) in [6.45, 7) is 5.29. The number of esters is 1. The molecule has 2 unspecified atom stereocenters. The highest BCUT2D eigenvalue weighted by Crippen LogP contribution is 2.38. The lowest BCUT2D eigenvalue weighted by molar-refractivity contribution is -0.870. The maximum Gasteiger partial charge on any atom is 0.306 e. The van der Waals surface area contributed by atoms with E-state index in [1.165, 1.54) is 122 Å². The third-order valence-corrected chi connectivity index (χ3v) is 11.8. The first-order valence-corrected chi connectivity index (χ1v) is 27.0. The van der Waals surface area contributed by atoms with Crippen molar-refractivity contribution in [3.05, 3.63) is 60.8 Å². The van der Waals surface area contributed by atoms with Gasteiger partial charge < -0.3 is 27.9 Å². The van der Waals surface area contributed by atoms with Gasteiger partial charge in [0.1, 0.15) is 19.3 Å². The third kappa shape index (κ3) is 49.2. The van der Waals surface area contributed by atoms with Crippen LogP contribution in [0.4, 0.5) is 0 Å². The van der Waals surface area contributed by atoms with Crippen molar-refractivity contribution in [1.29, 1.82) is 0 Å². The smallest absolute Gasteiger partial charge is 0.306 e. The second-order valence-electron chi connectivity index (χ2n) is 18.1. The lowest BCUT2D eigenvalue weighted by Crippen LogP contribution is -2.37. The first-order chi connectivity index (χ1) is 30.1.